The Morgan fingerprint density at radius 2 is 2.20 bits per heavy atom. The van der Waals surface area contributed by atoms with Gasteiger partial charge in [0.05, 0.1) is 25.5 Å². The maximum Gasteiger partial charge on any atom is 0.289 e. The molecule has 3 aliphatic rings. The first-order valence-corrected chi connectivity index (χ1v) is 9.32. The van der Waals surface area contributed by atoms with Crippen molar-refractivity contribution in [2.45, 2.75) is 50.7 Å². The van der Waals surface area contributed by atoms with Crippen molar-refractivity contribution in [1.29, 1.82) is 0 Å². The van der Waals surface area contributed by atoms with E-state index in [1.807, 2.05) is 0 Å². The number of rotatable bonds is 5. The molecule has 2 saturated heterocycles. The number of carbonyl (C=O) groups is 2. The summed E-state index contributed by atoms with van der Waals surface area (Å²) in [4.78, 5) is 26.0. The van der Waals surface area contributed by atoms with E-state index in [2.05, 4.69) is 12.2 Å². The molecule has 2 aliphatic heterocycles. The number of furan rings is 1. The van der Waals surface area contributed by atoms with Crippen LogP contribution in [0.3, 0.4) is 0 Å². The Hall–Kier alpha value is -1.82. The second-order valence-electron chi connectivity index (χ2n) is 7.93. The van der Waals surface area contributed by atoms with Crippen LogP contribution < -0.4 is 5.32 Å². The van der Waals surface area contributed by atoms with Gasteiger partial charge in [-0.25, -0.2) is 0 Å². The van der Waals surface area contributed by atoms with Crippen molar-refractivity contribution in [3.8, 4) is 0 Å². The number of amides is 2. The molecular formula is C19H26N2O4. The lowest BCUT2D eigenvalue weighted by molar-refractivity contribution is -0.186. The molecule has 1 saturated carbocycles. The number of nitrogens with one attached hydrogen (secondary N) is 1. The minimum atomic E-state index is -0.235. The standard InChI is InChI=1S/C19H26N2O4/c1-13-8-14(13)9-17(22)20-10-15-4-2-6-19(25-15)11-21(12-19)18(23)16-5-3-7-24-16/h3,5,7,13-15H,2,4,6,8-12H2,1H3,(H,20,22). The highest BCUT2D eigenvalue weighted by Gasteiger charge is 2.49. The largest absolute Gasteiger partial charge is 0.459 e. The minimum absolute atomic E-state index is 0.0511. The number of hydrogen-bond acceptors (Lipinski definition) is 4. The molecular weight excluding hydrogens is 320 g/mol. The summed E-state index contributed by atoms with van der Waals surface area (Å²) in [5.74, 6) is 1.72. The van der Waals surface area contributed by atoms with Crippen LogP contribution in [-0.4, -0.2) is 48.1 Å². The lowest BCUT2D eigenvalue weighted by atomic mass is 9.84. The predicted molar refractivity (Wildman–Crippen MR) is 91.0 cm³/mol. The summed E-state index contributed by atoms with van der Waals surface area (Å²) in [5, 5.41) is 3.03. The van der Waals surface area contributed by atoms with Crippen LogP contribution in [0.5, 0.6) is 0 Å². The second kappa shape index (κ2) is 6.48. The van der Waals surface area contributed by atoms with E-state index < -0.39 is 0 Å². The van der Waals surface area contributed by atoms with Crippen LogP contribution >= 0.6 is 0 Å². The molecule has 3 fully saturated rings. The molecule has 4 rings (SSSR count). The molecule has 0 radical (unpaired) electrons. The van der Waals surface area contributed by atoms with Gasteiger partial charge in [0, 0.05) is 13.0 Å². The number of hydrogen-bond donors (Lipinski definition) is 1. The van der Waals surface area contributed by atoms with Crippen molar-refractivity contribution in [2.24, 2.45) is 11.8 Å². The average molecular weight is 346 g/mol. The lowest BCUT2D eigenvalue weighted by Gasteiger charge is -2.53. The van der Waals surface area contributed by atoms with Crippen LogP contribution in [0.4, 0.5) is 0 Å². The molecule has 6 heteroatoms. The van der Waals surface area contributed by atoms with Gasteiger partial charge in [-0.05, 0) is 49.7 Å². The first-order valence-electron chi connectivity index (χ1n) is 9.32. The molecule has 136 valence electrons. The van der Waals surface area contributed by atoms with E-state index in [9.17, 15) is 9.59 Å². The van der Waals surface area contributed by atoms with Gasteiger partial charge in [-0.15, -0.1) is 0 Å². The van der Waals surface area contributed by atoms with Gasteiger partial charge in [0.2, 0.25) is 5.91 Å². The molecule has 3 atom stereocenters. The first-order chi connectivity index (χ1) is 12.0. The Morgan fingerprint density at radius 3 is 2.88 bits per heavy atom. The average Bonchev–Trinajstić information content (AvgIpc) is 3.03. The molecule has 6 nitrogen and oxygen atoms in total. The molecule has 1 N–H and O–H groups in total. The Bertz CT molecular complexity index is 636. The molecule has 0 aromatic carbocycles. The van der Waals surface area contributed by atoms with Crippen molar-refractivity contribution < 1.29 is 18.7 Å². The van der Waals surface area contributed by atoms with Crippen molar-refractivity contribution >= 4 is 11.8 Å². The second-order valence-corrected chi connectivity index (χ2v) is 7.93. The summed E-state index contributed by atoms with van der Waals surface area (Å²) in [6.45, 7) is 3.99. The molecule has 1 aromatic rings. The van der Waals surface area contributed by atoms with E-state index in [0.717, 1.165) is 19.3 Å². The van der Waals surface area contributed by atoms with Crippen LogP contribution in [0.15, 0.2) is 22.8 Å². The number of nitrogens with zero attached hydrogens (tertiary/aromatic N) is 1. The molecule has 1 aliphatic carbocycles. The van der Waals surface area contributed by atoms with E-state index in [0.29, 0.717) is 43.7 Å². The Kier molecular flexibility index (Phi) is 4.31. The highest BCUT2D eigenvalue weighted by atomic mass is 16.5. The van der Waals surface area contributed by atoms with E-state index in [-0.39, 0.29) is 23.5 Å². The molecule has 3 heterocycles. The van der Waals surface area contributed by atoms with Crippen molar-refractivity contribution in [2.75, 3.05) is 19.6 Å². The summed E-state index contributed by atoms with van der Waals surface area (Å²) in [5.41, 5.74) is -0.235. The van der Waals surface area contributed by atoms with Crippen molar-refractivity contribution in [1.82, 2.24) is 10.2 Å². The SMILES string of the molecule is CC1CC1CC(=O)NCC1CCCC2(CN(C(=O)c3ccco3)C2)O1. The maximum absolute atomic E-state index is 12.3. The van der Waals surface area contributed by atoms with Crippen LogP contribution in [-0.2, 0) is 9.53 Å². The number of ether oxygens (including phenoxy) is 1. The smallest absolute Gasteiger partial charge is 0.289 e. The van der Waals surface area contributed by atoms with Gasteiger partial charge >= 0.3 is 0 Å². The normalized spacial score (nSPS) is 30.0. The lowest BCUT2D eigenvalue weighted by Crippen LogP contribution is -2.67. The van der Waals surface area contributed by atoms with Crippen molar-refractivity contribution in [3.05, 3.63) is 24.2 Å². The number of carbonyl (C=O) groups excluding carboxylic acids is 2. The number of likely N-dealkylation sites (tertiary alicyclic amines) is 1. The topological polar surface area (TPSA) is 71.8 Å². The monoisotopic (exact) mass is 346 g/mol. The molecule has 1 aromatic heterocycles. The van der Waals surface area contributed by atoms with Crippen LogP contribution in [0.25, 0.3) is 0 Å². The van der Waals surface area contributed by atoms with Crippen LogP contribution in [0.1, 0.15) is 49.6 Å². The zero-order valence-corrected chi connectivity index (χ0v) is 14.7. The van der Waals surface area contributed by atoms with E-state index in [1.54, 1.807) is 17.0 Å². The highest BCUT2D eigenvalue weighted by Crippen LogP contribution is 2.40. The quantitative estimate of drug-likeness (QED) is 0.887. The van der Waals surface area contributed by atoms with E-state index in [4.69, 9.17) is 9.15 Å². The maximum atomic E-state index is 12.3. The minimum Gasteiger partial charge on any atom is -0.459 e. The predicted octanol–water partition coefficient (Wildman–Crippen LogP) is 2.21. The summed E-state index contributed by atoms with van der Waals surface area (Å²) in [6.07, 6.45) is 6.40. The van der Waals surface area contributed by atoms with Gasteiger partial charge < -0.3 is 19.4 Å². The van der Waals surface area contributed by atoms with Gasteiger partial charge in [-0.2, -0.15) is 0 Å². The van der Waals surface area contributed by atoms with Crippen molar-refractivity contribution in [3.63, 3.8) is 0 Å². The van der Waals surface area contributed by atoms with E-state index >= 15 is 0 Å². The van der Waals surface area contributed by atoms with E-state index in [1.165, 1.54) is 12.7 Å². The van der Waals surface area contributed by atoms with Gasteiger partial charge in [-0.3, -0.25) is 9.59 Å². The summed E-state index contributed by atoms with van der Waals surface area (Å²) < 4.78 is 11.4. The molecule has 0 bridgehead atoms. The third kappa shape index (κ3) is 3.59. The fourth-order valence-electron chi connectivity index (χ4n) is 4.07. The fraction of sp³-hybridized carbons (Fsp3) is 0.684. The summed E-state index contributed by atoms with van der Waals surface area (Å²) >= 11 is 0. The molecule has 2 amide bonds. The van der Waals surface area contributed by atoms with Crippen LogP contribution in [0.2, 0.25) is 0 Å². The van der Waals surface area contributed by atoms with Gasteiger partial charge in [0.1, 0.15) is 5.60 Å². The Morgan fingerprint density at radius 1 is 1.40 bits per heavy atom. The molecule has 3 unspecified atom stereocenters. The summed E-state index contributed by atoms with van der Waals surface area (Å²) in [6, 6.07) is 3.41. The third-order valence-electron chi connectivity index (χ3n) is 5.80. The molecule has 1 spiro atoms. The highest BCUT2D eigenvalue weighted by molar-refractivity contribution is 5.92. The summed E-state index contributed by atoms with van der Waals surface area (Å²) in [7, 11) is 0. The third-order valence-corrected chi connectivity index (χ3v) is 5.80. The first kappa shape index (κ1) is 16.6. The fourth-order valence-corrected chi connectivity index (χ4v) is 4.07. The van der Waals surface area contributed by atoms with Gasteiger partial charge in [0.15, 0.2) is 5.76 Å². The van der Waals surface area contributed by atoms with Gasteiger partial charge in [0.25, 0.3) is 5.91 Å². The van der Waals surface area contributed by atoms with Gasteiger partial charge in [-0.1, -0.05) is 6.92 Å². The zero-order chi connectivity index (χ0) is 17.4. The Labute approximate surface area is 147 Å². The molecule has 25 heavy (non-hydrogen) atoms. The van der Waals surface area contributed by atoms with Crippen LogP contribution in [0, 0.1) is 11.8 Å². The Balaban J connectivity index is 1.23. The zero-order valence-electron chi connectivity index (χ0n) is 14.7.